The van der Waals surface area contributed by atoms with Crippen LogP contribution in [0, 0.1) is 0 Å². The highest BCUT2D eigenvalue weighted by Crippen LogP contribution is 2.19. The van der Waals surface area contributed by atoms with Gasteiger partial charge in [0.1, 0.15) is 12.2 Å². The minimum Gasteiger partial charge on any atom is -0.263 e. The number of hydrogen-bond acceptors (Lipinski definition) is 5. The van der Waals surface area contributed by atoms with Crippen LogP contribution >= 0.6 is 11.6 Å². The molecule has 0 amide bonds. The first-order valence-electron chi connectivity index (χ1n) is 5.52. The number of nitrogens with one attached hydrogen (secondary N) is 2. The lowest BCUT2D eigenvalue weighted by molar-refractivity contribution is 0.560. The summed E-state index contributed by atoms with van der Waals surface area (Å²) in [5.74, 6) is 0.720. The van der Waals surface area contributed by atoms with Gasteiger partial charge in [0, 0.05) is 20.0 Å². The highest BCUT2D eigenvalue weighted by Gasteiger charge is 2.21. The van der Waals surface area contributed by atoms with Crippen molar-refractivity contribution in [3.8, 4) is 0 Å². The van der Waals surface area contributed by atoms with Gasteiger partial charge in [-0.2, -0.15) is 10.2 Å². The van der Waals surface area contributed by atoms with E-state index in [1.165, 1.54) is 24.3 Å². The molecule has 104 valence electrons. The fraction of sp³-hybridized carbons (Fsp3) is 0.444. The minimum absolute atomic E-state index is 0.0335. The van der Waals surface area contributed by atoms with Gasteiger partial charge in [-0.3, -0.25) is 9.78 Å². The predicted octanol–water partition coefficient (Wildman–Crippen LogP) is 0.103. The van der Waals surface area contributed by atoms with Gasteiger partial charge in [0.05, 0.1) is 11.2 Å². The van der Waals surface area contributed by atoms with Crippen LogP contribution in [0.3, 0.4) is 0 Å². The smallest absolute Gasteiger partial charge is 0.259 e. The average Bonchev–Trinajstić information content (AvgIpc) is 2.95. The Balaban J connectivity index is 1.92. The van der Waals surface area contributed by atoms with Gasteiger partial charge >= 0.3 is 0 Å². The van der Waals surface area contributed by atoms with Crippen molar-refractivity contribution < 1.29 is 8.42 Å². The normalized spacial score (nSPS) is 11.9. The van der Waals surface area contributed by atoms with Gasteiger partial charge in [0.2, 0.25) is 0 Å². The SMILES string of the molecule is Cn1ncc(Cl)c1S(=O)(=O)NCCCc1ncn[nH]1. The van der Waals surface area contributed by atoms with Crippen LogP contribution in [0.5, 0.6) is 0 Å². The van der Waals surface area contributed by atoms with Crippen molar-refractivity contribution in [2.75, 3.05) is 6.54 Å². The molecule has 0 atom stereocenters. The second-order valence-electron chi connectivity index (χ2n) is 3.85. The van der Waals surface area contributed by atoms with Crippen molar-refractivity contribution in [3.05, 3.63) is 23.4 Å². The predicted molar refractivity (Wildman–Crippen MR) is 68.1 cm³/mol. The number of nitrogens with zero attached hydrogens (tertiary/aromatic N) is 4. The third-order valence-electron chi connectivity index (χ3n) is 2.44. The lowest BCUT2D eigenvalue weighted by Crippen LogP contribution is -2.27. The summed E-state index contributed by atoms with van der Waals surface area (Å²) in [7, 11) is -2.12. The third kappa shape index (κ3) is 3.31. The Bertz CT molecular complexity index is 616. The van der Waals surface area contributed by atoms with E-state index in [0.29, 0.717) is 12.8 Å². The Morgan fingerprint density at radius 3 is 2.89 bits per heavy atom. The lowest BCUT2D eigenvalue weighted by Gasteiger charge is -2.06. The molecule has 2 aromatic rings. The van der Waals surface area contributed by atoms with Crippen LogP contribution in [-0.2, 0) is 23.5 Å². The second-order valence-corrected chi connectivity index (χ2v) is 5.94. The summed E-state index contributed by atoms with van der Waals surface area (Å²) in [5.41, 5.74) is 0. The van der Waals surface area contributed by atoms with E-state index < -0.39 is 10.0 Å². The summed E-state index contributed by atoms with van der Waals surface area (Å²) in [6.07, 6.45) is 3.92. The van der Waals surface area contributed by atoms with Crippen molar-refractivity contribution in [3.63, 3.8) is 0 Å². The molecule has 19 heavy (non-hydrogen) atoms. The number of aryl methyl sites for hydroxylation is 2. The van der Waals surface area contributed by atoms with Crippen molar-refractivity contribution in [2.24, 2.45) is 7.05 Å². The Morgan fingerprint density at radius 2 is 2.32 bits per heavy atom. The highest BCUT2D eigenvalue weighted by molar-refractivity contribution is 7.89. The molecule has 0 aliphatic heterocycles. The lowest BCUT2D eigenvalue weighted by atomic mass is 10.3. The number of aromatic amines is 1. The van der Waals surface area contributed by atoms with E-state index in [2.05, 4.69) is 25.0 Å². The van der Waals surface area contributed by atoms with Crippen molar-refractivity contribution >= 4 is 21.6 Å². The first-order chi connectivity index (χ1) is 9.00. The number of H-pyrrole nitrogens is 1. The number of aromatic nitrogens is 5. The Labute approximate surface area is 115 Å². The number of rotatable bonds is 6. The van der Waals surface area contributed by atoms with Crippen LogP contribution in [0.15, 0.2) is 17.6 Å². The molecular weight excluding hydrogens is 292 g/mol. The molecule has 8 nitrogen and oxygen atoms in total. The average molecular weight is 305 g/mol. The molecule has 2 N–H and O–H groups in total. The maximum atomic E-state index is 12.0. The Hall–Kier alpha value is -1.45. The van der Waals surface area contributed by atoms with Gasteiger partial charge in [-0.25, -0.2) is 18.1 Å². The van der Waals surface area contributed by atoms with Gasteiger partial charge in [-0.15, -0.1) is 0 Å². The van der Waals surface area contributed by atoms with Crippen LogP contribution in [0.4, 0.5) is 0 Å². The molecule has 2 aromatic heterocycles. The van der Waals surface area contributed by atoms with Crippen molar-refractivity contribution in [1.82, 2.24) is 29.7 Å². The Morgan fingerprint density at radius 1 is 1.53 bits per heavy atom. The molecule has 0 spiro atoms. The molecular formula is C9H13ClN6O2S. The van der Waals surface area contributed by atoms with Crippen LogP contribution in [0.25, 0.3) is 0 Å². The van der Waals surface area contributed by atoms with Gasteiger partial charge < -0.3 is 0 Å². The molecule has 0 aliphatic carbocycles. The van der Waals surface area contributed by atoms with E-state index in [1.807, 2.05) is 0 Å². The summed E-state index contributed by atoms with van der Waals surface area (Å²) in [6, 6.07) is 0. The first-order valence-corrected chi connectivity index (χ1v) is 7.38. The molecule has 0 aromatic carbocycles. The summed E-state index contributed by atoms with van der Waals surface area (Å²) in [4.78, 5) is 3.95. The maximum Gasteiger partial charge on any atom is 0.259 e. The molecule has 2 rings (SSSR count). The van der Waals surface area contributed by atoms with E-state index in [1.54, 1.807) is 0 Å². The van der Waals surface area contributed by atoms with Crippen LogP contribution in [-0.4, -0.2) is 39.9 Å². The van der Waals surface area contributed by atoms with E-state index in [0.717, 1.165) is 5.82 Å². The standard InChI is InChI=1S/C9H13ClN6O2S/c1-16-9(7(10)5-13-16)19(17,18)14-4-2-3-8-11-6-12-15-8/h5-6,14H,2-4H2,1H3,(H,11,12,15). The summed E-state index contributed by atoms with van der Waals surface area (Å²) in [6.45, 7) is 0.282. The van der Waals surface area contributed by atoms with Gasteiger partial charge in [0.15, 0.2) is 5.03 Å². The number of halogens is 1. The van der Waals surface area contributed by atoms with Crippen LogP contribution < -0.4 is 4.72 Å². The molecule has 0 saturated carbocycles. The summed E-state index contributed by atoms with van der Waals surface area (Å²) >= 11 is 5.80. The summed E-state index contributed by atoms with van der Waals surface area (Å²) < 4.78 is 27.7. The topological polar surface area (TPSA) is 106 Å². The molecule has 0 bridgehead atoms. The molecule has 0 radical (unpaired) electrons. The Kier molecular flexibility index (Phi) is 4.17. The van der Waals surface area contributed by atoms with E-state index in [-0.39, 0.29) is 16.6 Å². The van der Waals surface area contributed by atoms with Crippen LogP contribution in [0.2, 0.25) is 5.02 Å². The highest BCUT2D eigenvalue weighted by atomic mass is 35.5. The van der Waals surface area contributed by atoms with Gasteiger partial charge in [-0.05, 0) is 6.42 Å². The molecule has 2 heterocycles. The third-order valence-corrected chi connectivity index (χ3v) is 4.41. The minimum atomic E-state index is -3.65. The fourth-order valence-electron chi connectivity index (χ4n) is 1.58. The summed E-state index contributed by atoms with van der Waals surface area (Å²) in [5, 5.41) is 10.3. The number of hydrogen-bond donors (Lipinski definition) is 2. The molecule has 0 unspecified atom stereocenters. The van der Waals surface area contributed by atoms with E-state index >= 15 is 0 Å². The van der Waals surface area contributed by atoms with Gasteiger partial charge in [-0.1, -0.05) is 11.6 Å². The first kappa shape index (κ1) is 14.0. The number of sulfonamides is 1. The van der Waals surface area contributed by atoms with E-state index in [4.69, 9.17) is 11.6 Å². The zero-order chi connectivity index (χ0) is 13.9. The molecule has 10 heteroatoms. The quantitative estimate of drug-likeness (QED) is 0.736. The van der Waals surface area contributed by atoms with Crippen molar-refractivity contribution in [1.29, 1.82) is 0 Å². The van der Waals surface area contributed by atoms with E-state index in [9.17, 15) is 8.42 Å². The molecule has 0 saturated heterocycles. The largest absolute Gasteiger partial charge is 0.263 e. The molecule has 0 fully saturated rings. The fourth-order valence-corrected chi connectivity index (χ4v) is 3.31. The zero-order valence-electron chi connectivity index (χ0n) is 10.2. The van der Waals surface area contributed by atoms with Crippen molar-refractivity contribution in [2.45, 2.75) is 17.9 Å². The zero-order valence-corrected chi connectivity index (χ0v) is 11.7. The second kappa shape index (κ2) is 5.68. The van der Waals surface area contributed by atoms with Crippen LogP contribution in [0.1, 0.15) is 12.2 Å². The molecule has 0 aliphatic rings. The van der Waals surface area contributed by atoms with Gasteiger partial charge in [0.25, 0.3) is 10.0 Å². The monoisotopic (exact) mass is 304 g/mol. The maximum absolute atomic E-state index is 12.0.